The molecule has 0 saturated heterocycles. The first kappa shape index (κ1) is 11.4. The van der Waals surface area contributed by atoms with Crippen LogP contribution in [0.2, 0.25) is 0 Å². The lowest BCUT2D eigenvalue weighted by molar-refractivity contribution is 0.0383. The number of aliphatic hydroxyl groups excluding tert-OH is 2. The van der Waals surface area contributed by atoms with E-state index >= 15 is 0 Å². The predicted octanol–water partition coefficient (Wildman–Crippen LogP) is 1.50. The van der Waals surface area contributed by atoms with Gasteiger partial charge in [-0.2, -0.15) is 0 Å². The second kappa shape index (κ2) is 5.12. The van der Waals surface area contributed by atoms with Crippen LogP contribution in [0.25, 0.3) is 0 Å². The fourth-order valence-corrected chi connectivity index (χ4v) is 0.635. The summed E-state index contributed by atoms with van der Waals surface area (Å²) in [6, 6.07) is 0. The molecule has 0 bridgehead atoms. The van der Waals surface area contributed by atoms with Gasteiger partial charge in [-0.25, -0.2) is 0 Å². The molecular formula is C10H18O2. The second-order valence-corrected chi connectivity index (χ2v) is 3.50. The van der Waals surface area contributed by atoms with Crippen molar-refractivity contribution in [1.29, 1.82) is 0 Å². The SMILES string of the molecule is C/C=C/C=C/C(O)C(C)(C)CO. The van der Waals surface area contributed by atoms with Crippen molar-refractivity contribution in [3.63, 3.8) is 0 Å². The van der Waals surface area contributed by atoms with Crippen LogP contribution in [0.15, 0.2) is 24.3 Å². The summed E-state index contributed by atoms with van der Waals surface area (Å²) < 4.78 is 0. The Hall–Kier alpha value is -0.600. The molecule has 0 heterocycles. The second-order valence-electron chi connectivity index (χ2n) is 3.50. The van der Waals surface area contributed by atoms with Crippen LogP contribution in [0.1, 0.15) is 20.8 Å². The summed E-state index contributed by atoms with van der Waals surface area (Å²) in [4.78, 5) is 0. The van der Waals surface area contributed by atoms with Crippen molar-refractivity contribution in [2.75, 3.05) is 6.61 Å². The Morgan fingerprint density at radius 2 is 1.92 bits per heavy atom. The van der Waals surface area contributed by atoms with Crippen LogP contribution in [-0.4, -0.2) is 22.9 Å². The van der Waals surface area contributed by atoms with Gasteiger partial charge in [0.2, 0.25) is 0 Å². The molecule has 0 spiro atoms. The first-order chi connectivity index (χ1) is 5.54. The Kier molecular flexibility index (Phi) is 4.86. The average Bonchev–Trinajstić information content (AvgIpc) is 2.05. The Balaban J connectivity index is 4.11. The van der Waals surface area contributed by atoms with Gasteiger partial charge in [-0.05, 0) is 6.92 Å². The molecule has 0 rings (SSSR count). The molecule has 1 atom stereocenters. The highest BCUT2D eigenvalue weighted by Gasteiger charge is 2.24. The molecule has 0 aliphatic heterocycles. The maximum absolute atomic E-state index is 9.52. The van der Waals surface area contributed by atoms with Crippen LogP contribution in [0.4, 0.5) is 0 Å². The van der Waals surface area contributed by atoms with Gasteiger partial charge in [-0.1, -0.05) is 38.2 Å². The van der Waals surface area contributed by atoms with E-state index in [1.165, 1.54) is 0 Å². The fraction of sp³-hybridized carbons (Fsp3) is 0.600. The summed E-state index contributed by atoms with van der Waals surface area (Å²) in [5.74, 6) is 0. The number of aliphatic hydroxyl groups is 2. The molecule has 0 amide bonds. The molecule has 0 aromatic rings. The maximum Gasteiger partial charge on any atom is 0.0796 e. The van der Waals surface area contributed by atoms with Gasteiger partial charge in [-0.3, -0.25) is 0 Å². The number of hydrogen-bond acceptors (Lipinski definition) is 2. The van der Waals surface area contributed by atoms with Crippen molar-refractivity contribution in [1.82, 2.24) is 0 Å². The Morgan fingerprint density at radius 3 is 2.33 bits per heavy atom. The van der Waals surface area contributed by atoms with Crippen molar-refractivity contribution in [2.24, 2.45) is 5.41 Å². The third-order valence-electron chi connectivity index (χ3n) is 1.81. The zero-order valence-corrected chi connectivity index (χ0v) is 7.99. The van der Waals surface area contributed by atoms with Crippen LogP contribution in [0.5, 0.6) is 0 Å². The quantitative estimate of drug-likeness (QED) is 0.628. The van der Waals surface area contributed by atoms with E-state index in [-0.39, 0.29) is 6.61 Å². The van der Waals surface area contributed by atoms with Gasteiger partial charge in [0.25, 0.3) is 0 Å². The van der Waals surface area contributed by atoms with Crippen molar-refractivity contribution in [2.45, 2.75) is 26.9 Å². The van der Waals surface area contributed by atoms with Crippen molar-refractivity contribution in [3.8, 4) is 0 Å². The first-order valence-corrected chi connectivity index (χ1v) is 4.13. The minimum atomic E-state index is -0.598. The van der Waals surface area contributed by atoms with Crippen LogP contribution in [0, 0.1) is 5.41 Å². The predicted molar refractivity (Wildman–Crippen MR) is 50.8 cm³/mol. The van der Waals surface area contributed by atoms with Gasteiger partial charge in [0.1, 0.15) is 0 Å². The summed E-state index contributed by atoms with van der Waals surface area (Å²) >= 11 is 0. The molecule has 2 heteroatoms. The summed E-state index contributed by atoms with van der Waals surface area (Å²) in [6.45, 7) is 5.53. The van der Waals surface area contributed by atoms with Crippen LogP contribution in [-0.2, 0) is 0 Å². The Labute approximate surface area is 74.2 Å². The zero-order valence-electron chi connectivity index (χ0n) is 7.99. The third kappa shape index (κ3) is 3.69. The smallest absolute Gasteiger partial charge is 0.0796 e. The average molecular weight is 170 g/mol. The Bertz CT molecular complexity index is 169. The van der Waals surface area contributed by atoms with Gasteiger partial charge in [0.15, 0.2) is 0 Å². The van der Waals surface area contributed by atoms with E-state index in [4.69, 9.17) is 5.11 Å². The van der Waals surface area contributed by atoms with Gasteiger partial charge >= 0.3 is 0 Å². The highest BCUT2D eigenvalue weighted by Crippen LogP contribution is 2.20. The lowest BCUT2D eigenvalue weighted by atomic mass is 9.87. The molecule has 2 N–H and O–H groups in total. The van der Waals surface area contributed by atoms with Gasteiger partial charge in [0, 0.05) is 5.41 Å². The molecule has 0 aromatic carbocycles. The third-order valence-corrected chi connectivity index (χ3v) is 1.81. The summed E-state index contributed by atoms with van der Waals surface area (Å²) in [6.07, 6.45) is 6.59. The topological polar surface area (TPSA) is 40.5 Å². The number of allylic oxidation sites excluding steroid dienone is 3. The molecule has 1 unspecified atom stereocenters. The van der Waals surface area contributed by atoms with E-state index in [0.717, 1.165) is 0 Å². The molecule has 0 radical (unpaired) electrons. The summed E-state index contributed by atoms with van der Waals surface area (Å²) in [5.41, 5.74) is -0.460. The summed E-state index contributed by atoms with van der Waals surface area (Å²) in [7, 11) is 0. The van der Waals surface area contributed by atoms with Gasteiger partial charge in [0.05, 0.1) is 12.7 Å². The zero-order chi connectivity index (χ0) is 9.61. The molecule has 0 aromatic heterocycles. The minimum absolute atomic E-state index is 0.0195. The number of rotatable bonds is 4. The van der Waals surface area contributed by atoms with Crippen LogP contribution < -0.4 is 0 Å². The largest absolute Gasteiger partial charge is 0.396 e. The first-order valence-electron chi connectivity index (χ1n) is 4.13. The van der Waals surface area contributed by atoms with Crippen molar-refractivity contribution >= 4 is 0 Å². The van der Waals surface area contributed by atoms with E-state index in [0.29, 0.717) is 0 Å². The van der Waals surface area contributed by atoms with Crippen molar-refractivity contribution < 1.29 is 10.2 Å². The molecule has 0 saturated carbocycles. The van der Waals surface area contributed by atoms with Gasteiger partial charge < -0.3 is 10.2 Å². The molecular weight excluding hydrogens is 152 g/mol. The molecule has 2 nitrogen and oxygen atoms in total. The molecule has 0 aliphatic rings. The molecule has 0 aliphatic carbocycles. The molecule has 0 fully saturated rings. The molecule has 70 valence electrons. The van der Waals surface area contributed by atoms with Gasteiger partial charge in [-0.15, -0.1) is 0 Å². The Morgan fingerprint density at radius 1 is 1.33 bits per heavy atom. The number of hydrogen-bond donors (Lipinski definition) is 2. The lowest BCUT2D eigenvalue weighted by Crippen LogP contribution is -2.30. The normalized spacial score (nSPS) is 16.1. The van der Waals surface area contributed by atoms with Crippen LogP contribution in [0.3, 0.4) is 0 Å². The van der Waals surface area contributed by atoms with Crippen molar-refractivity contribution in [3.05, 3.63) is 24.3 Å². The standard InChI is InChI=1S/C10H18O2/c1-4-5-6-7-9(12)10(2,3)8-11/h4-7,9,11-12H,8H2,1-3H3/b5-4+,7-6+. The lowest BCUT2D eigenvalue weighted by Gasteiger charge is -2.25. The minimum Gasteiger partial charge on any atom is -0.396 e. The highest BCUT2D eigenvalue weighted by molar-refractivity contribution is 5.06. The van der Waals surface area contributed by atoms with E-state index in [2.05, 4.69) is 0 Å². The van der Waals surface area contributed by atoms with Crippen LogP contribution >= 0.6 is 0 Å². The highest BCUT2D eigenvalue weighted by atomic mass is 16.3. The van der Waals surface area contributed by atoms with E-state index < -0.39 is 11.5 Å². The fourth-order valence-electron chi connectivity index (χ4n) is 0.635. The summed E-state index contributed by atoms with van der Waals surface area (Å²) in [5, 5.41) is 18.4. The molecule has 12 heavy (non-hydrogen) atoms. The van der Waals surface area contributed by atoms with E-state index in [1.54, 1.807) is 12.2 Å². The maximum atomic E-state index is 9.52. The van der Waals surface area contributed by atoms with E-state index in [9.17, 15) is 5.11 Å². The van der Waals surface area contributed by atoms with E-state index in [1.807, 2.05) is 32.9 Å². The monoisotopic (exact) mass is 170 g/mol.